The summed E-state index contributed by atoms with van der Waals surface area (Å²) in [7, 11) is 0. The maximum atomic E-state index is 12.1. The molecule has 0 fully saturated rings. The third-order valence-electron chi connectivity index (χ3n) is 3.86. The van der Waals surface area contributed by atoms with Crippen LogP contribution in [0.25, 0.3) is 5.69 Å². The average Bonchev–Trinajstić information content (AvgIpc) is 3.18. The molecule has 0 radical (unpaired) electrons. The molecule has 1 aromatic heterocycles. The normalized spacial score (nSPS) is 10.4. The van der Waals surface area contributed by atoms with Gasteiger partial charge in [-0.25, -0.2) is 14.3 Å². The van der Waals surface area contributed by atoms with E-state index < -0.39 is 5.97 Å². The van der Waals surface area contributed by atoms with E-state index in [1.165, 1.54) is 0 Å². The molecule has 0 atom stereocenters. The molecule has 3 rings (SSSR count). The molecule has 1 heterocycles. The lowest BCUT2D eigenvalue weighted by molar-refractivity contribution is 0.0519. The van der Waals surface area contributed by atoms with Gasteiger partial charge in [0.15, 0.2) is 5.69 Å². The first-order chi connectivity index (χ1) is 13.6. The van der Waals surface area contributed by atoms with Gasteiger partial charge in [-0.2, -0.15) is 5.10 Å². The summed E-state index contributed by atoms with van der Waals surface area (Å²) in [4.78, 5) is 23.7. The molecule has 2 amide bonds. The van der Waals surface area contributed by atoms with E-state index in [0.717, 1.165) is 11.3 Å². The van der Waals surface area contributed by atoms with Crippen LogP contribution < -0.4 is 10.6 Å². The molecule has 2 N–H and O–H groups in total. The monoisotopic (exact) mass is 398 g/mol. The Balaban J connectivity index is 1.57. The highest BCUT2D eigenvalue weighted by Gasteiger charge is 2.11. The topological polar surface area (TPSA) is 85.2 Å². The largest absolute Gasteiger partial charge is 0.461 e. The zero-order chi connectivity index (χ0) is 19.9. The molecule has 0 bridgehead atoms. The summed E-state index contributed by atoms with van der Waals surface area (Å²) in [5.41, 5.74) is 2.45. The third-order valence-corrected chi connectivity index (χ3v) is 4.23. The van der Waals surface area contributed by atoms with E-state index in [2.05, 4.69) is 15.7 Å². The van der Waals surface area contributed by atoms with E-state index in [1.54, 1.807) is 54.2 Å². The van der Waals surface area contributed by atoms with Crippen molar-refractivity contribution in [2.75, 3.05) is 11.9 Å². The van der Waals surface area contributed by atoms with Crippen molar-refractivity contribution in [2.45, 2.75) is 13.5 Å². The number of urea groups is 1. The van der Waals surface area contributed by atoms with Crippen molar-refractivity contribution in [3.8, 4) is 5.69 Å². The van der Waals surface area contributed by atoms with Crippen LogP contribution in [0, 0.1) is 0 Å². The Morgan fingerprint density at radius 1 is 1.11 bits per heavy atom. The fourth-order valence-electron chi connectivity index (χ4n) is 2.47. The molecule has 0 saturated heterocycles. The molecular weight excluding hydrogens is 380 g/mol. The summed E-state index contributed by atoms with van der Waals surface area (Å²) < 4.78 is 6.49. The van der Waals surface area contributed by atoms with Gasteiger partial charge in [0.05, 0.1) is 12.3 Å². The van der Waals surface area contributed by atoms with Crippen molar-refractivity contribution in [3.05, 3.63) is 77.1 Å². The molecule has 8 heteroatoms. The van der Waals surface area contributed by atoms with Gasteiger partial charge in [-0.1, -0.05) is 29.8 Å². The van der Waals surface area contributed by atoms with Crippen molar-refractivity contribution in [2.24, 2.45) is 0 Å². The Labute approximate surface area is 167 Å². The highest BCUT2D eigenvalue weighted by atomic mass is 35.5. The molecule has 28 heavy (non-hydrogen) atoms. The van der Waals surface area contributed by atoms with E-state index in [-0.39, 0.29) is 11.7 Å². The number of carbonyl (C=O) groups excluding carboxylic acids is 2. The molecule has 0 aliphatic heterocycles. The summed E-state index contributed by atoms with van der Waals surface area (Å²) >= 11 is 6.07. The van der Waals surface area contributed by atoms with Gasteiger partial charge in [0.1, 0.15) is 0 Å². The molecule has 0 aliphatic carbocycles. The zero-order valence-corrected chi connectivity index (χ0v) is 15.9. The van der Waals surface area contributed by atoms with Crippen LogP contribution in [0.2, 0.25) is 5.02 Å². The van der Waals surface area contributed by atoms with Crippen molar-refractivity contribution in [1.82, 2.24) is 15.1 Å². The van der Waals surface area contributed by atoms with Crippen LogP contribution in [0.3, 0.4) is 0 Å². The highest BCUT2D eigenvalue weighted by molar-refractivity contribution is 6.31. The van der Waals surface area contributed by atoms with Gasteiger partial charge in [0.25, 0.3) is 0 Å². The number of anilines is 1. The number of halogens is 1. The molecule has 0 unspecified atom stereocenters. The molecule has 3 aromatic rings. The number of nitrogens with zero attached hydrogens (tertiary/aromatic N) is 2. The fraction of sp³-hybridized carbons (Fsp3) is 0.150. The maximum absolute atomic E-state index is 12.1. The number of ether oxygens (including phenoxy) is 1. The Bertz CT molecular complexity index is 970. The predicted octanol–water partition coefficient (Wildman–Crippen LogP) is 4.02. The number of hydrogen-bond acceptors (Lipinski definition) is 4. The summed E-state index contributed by atoms with van der Waals surface area (Å²) in [6.07, 6.45) is 1.67. The van der Waals surface area contributed by atoms with Gasteiger partial charge in [-0.05, 0) is 48.9 Å². The molecule has 7 nitrogen and oxygen atoms in total. The Morgan fingerprint density at radius 2 is 1.86 bits per heavy atom. The van der Waals surface area contributed by atoms with E-state index in [4.69, 9.17) is 16.3 Å². The Morgan fingerprint density at radius 3 is 2.57 bits per heavy atom. The van der Waals surface area contributed by atoms with Gasteiger partial charge in [0.2, 0.25) is 0 Å². The predicted molar refractivity (Wildman–Crippen MR) is 107 cm³/mol. The van der Waals surface area contributed by atoms with Crippen LogP contribution in [0.5, 0.6) is 0 Å². The first-order valence-electron chi connectivity index (χ1n) is 8.68. The van der Waals surface area contributed by atoms with Crippen molar-refractivity contribution in [1.29, 1.82) is 0 Å². The van der Waals surface area contributed by atoms with Crippen molar-refractivity contribution >= 4 is 29.3 Å². The second kappa shape index (κ2) is 9.05. The lowest BCUT2D eigenvalue weighted by atomic mass is 10.2. The summed E-state index contributed by atoms with van der Waals surface area (Å²) in [6.45, 7) is 2.36. The van der Waals surface area contributed by atoms with E-state index in [1.807, 2.05) is 18.2 Å². The molecule has 0 spiro atoms. The van der Waals surface area contributed by atoms with Gasteiger partial charge < -0.3 is 15.4 Å². The second-order valence-electron chi connectivity index (χ2n) is 5.81. The number of carbonyl (C=O) groups is 2. The van der Waals surface area contributed by atoms with Gasteiger partial charge in [-0.15, -0.1) is 0 Å². The molecule has 144 valence electrons. The number of aromatic nitrogens is 2. The SMILES string of the molecule is CCOC(=O)c1ccn(-c2ccc(NC(=O)NCc3ccccc3Cl)cc2)n1. The number of nitrogens with one attached hydrogen (secondary N) is 2. The van der Waals surface area contributed by atoms with Crippen LogP contribution in [0.15, 0.2) is 60.8 Å². The summed E-state index contributed by atoms with van der Waals surface area (Å²) in [6, 6.07) is 15.6. The van der Waals surface area contributed by atoms with Crippen LogP contribution in [0.1, 0.15) is 23.0 Å². The van der Waals surface area contributed by atoms with Gasteiger partial charge in [-0.3, -0.25) is 0 Å². The Hall–Kier alpha value is -3.32. The molecular formula is C20H19ClN4O3. The number of amides is 2. The number of hydrogen-bond donors (Lipinski definition) is 2. The minimum absolute atomic E-state index is 0.239. The Kier molecular flexibility index (Phi) is 6.29. The number of esters is 1. The lowest BCUT2D eigenvalue weighted by Gasteiger charge is -2.09. The molecule has 0 aliphatic rings. The van der Waals surface area contributed by atoms with E-state index >= 15 is 0 Å². The lowest BCUT2D eigenvalue weighted by Crippen LogP contribution is -2.28. The minimum Gasteiger partial charge on any atom is -0.461 e. The standard InChI is InChI=1S/C20H19ClN4O3/c1-2-28-19(26)18-11-12-25(24-18)16-9-7-15(8-10-16)23-20(27)22-13-14-5-3-4-6-17(14)21/h3-12H,2,13H2,1H3,(H2,22,23,27). The van der Waals surface area contributed by atoms with Crippen LogP contribution in [-0.2, 0) is 11.3 Å². The number of rotatable bonds is 6. The van der Waals surface area contributed by atoms with Crippen LogP contribution >= 0.6 is 11.6 Å². The van der Waals surface area contributed by atoms with Crippen molar-refractivity contribution in [3.63, 3.8) is 0 Å². The van der Waals surface area contributed by atoms with Crippen LogP contribution in [0.4, 0.5) is 10.5 Å². The average molecular weight is 399 g/mol. The quantitative estimate of drug-likeness (QED) is 0.614. The molecule has 0 saturated carbocycles. The molecule has 2 aromatic carbocycles. The van der Waals surface area contributed by atoms with E-state index in [9.17, 15) is 9.59 Å². The first kappa shape index (κ1) is 19.4. The summed E-state index contributed by atoms with van der Waals surface area (Å²) in [5.74, 6) is -0.463. The third kappa shape index (κ3) is 4.89. The van der Waals surface area contributed by atoms with Crippen LogP contribution in [-0.4, -0.2) is 28.4 Å². The van der Waals surface area contributed by atoms with E-state index in [0.29, 0.717) is 23.9 Å². The first-order valence-corrected chi connectivity index (χ1v) is 9.06. The summed E-state index contributed by atoms with van der Waals surface area (Å²) in [5, 5.41) is 10.3. The number of benzene rings is 2. The minimum atomic E-state index is -0.463. The highest BCUT2D eigenvalue weighted by Crippen LogP contribution is 2.15. The second-order valence-corrected chi connectivity index (χ2v) is 6.22. The van der Waals surface area contributed by atoms with Crippen molar-refractivity contribution < 1.29 is 14.3 Å². The fourth-order valence-corrected chi connectivity index (χ4v) is 2.67. The maximum Gasteiger partial charge on any atom is 0.358 e. The smallest absolute Gasteiger partial charge is 0.358 e. The van der Waals surface area contributed by atoms with Gasteiger partial charge >= 0.3 is 12.0 Å². The zero-order valence-electron chi connectivity index (χ0n) is 15.2. The van der Waals surface area contributed by atoms with Gasteiger partial charge in [0, 0.05) is 23.5 Å².